The van der Waals surface area contributed by atoms with Crippen molar-refractivity contribution in [1.82, 2.24) is 15.0 Å². The zero-order valence-corrected chi connectivity index (χ0v) is 12.5. The van der Waals surface area contributed by atoms with Gasteiger partial charge in [-0.15, -0.1) is 0 Å². The molecule has 2 atom stereocenters. The van der Waals surface area contributed by atoms with Gasteiger partial charge in [-0.2, -0.15) is 4.98 Å². The van der Waals surface area contributed by atoms with Crippen molar-refractivity contribution in [2.24, 2.45) is 11.7 Å². The largest absolute Gasteiger partial charge is 0.338 e. The van der Waals surface area contributed by atoms with Gasteiger partial charge in [0.1, 0.15) is 0 Å². The highest BCUT2D eigenvalue weighted by molar-refractivity contribution is 5.00. The Kier molecular flexibility index (Phi) is 4.26. The molecule has 0 amide bonds. The first-order valence-corrected chi connectivity index (χ1v) is 7.15. The van der Waals surface area contributed by atoms with E-state index in [0.29, 0.717) is 24.4 Å². The molecule has 0 saturated heterocycles. The van der Waals surface area contributed by atoms with Gasteiger partial charge >= 0.3 is 0 Å². The molecule has 0 spiro atoms. The standard InChI is InChI=1S/C14H26N4O/c1-14(2,3)13-16-12(19-17-13)9-18(4)11-7-5-6-10(11)8-15/h10-11H,5-9,15H2,1-4H3. The average Bonchev–Trinajstić information content (AvgIpc) is 2.95. The minimum Gasteiger partial charge on any atom is -0.338 e. The first kappa shape index (κ1) is 14.5. The lowest BCUT2D eigenvalue weighted by Gasteiger charge is -2.27. The fraction of sp³-hybridized carbons (Fsp3) is 0.857. The Labute approximate surface area is 115 Å². The van der Waals surface area contributed by atoms with Crippen LogP contribution in [0.5, 0.6) is 0 Å². The number of aromatic nitrogens is 2. The second-order valence-electron chi connectivity index (χ2n) is 6.67. The van der Waals surface area contributed by atoms with E-state index in [4.69, 9.17) is 10.3 Å². The van der Waals surface area contributed by atoms with E-state index in [0.717, 1.165) is 12.4 Å². The van der Waals surface area contributed by atoms with Crippen LogP contribution in [0.2, 0.25) is 0 Å². The summed E-state index contributed by atoms with van der Waals surface area (Å²) in [5, 5.41) is 4.07. The maximum atomic E-state index is 5.84. The molecule has 1 heterocycles. The maximum Gasteiger partial charge on any atom is 0.240 e. The predicted molar refractivity (Wildman–Crippen MR) is 74.6 cm³/mol. The van der Waals surface area contributed by atoms with Crippen LogP contribution in [0.1, 0.15) is 51.7 Å². The van der Waals surface area contributed by atoms with Crippen molar-refractivity contribution in [3.8, 4) is 0 Å². The Bertz CT molecular complexity index is 410. The Morgan fingerprint density at radius 2 is 2.11 bits per heavy atom. The Morgan fingerprint density at radius 3 is 2.68 bits per heavy atom. The van der Waals surface area contributed by atoms with Gasteiger partial charge in [0.15, 0.2) is 5.82 Å². The normalized spacial score (nSPS) is 24.3. The molecule has 1 aliphatic rings. The fourth-order valence-corrected chi connectivity index (χ4v) is 2.83. The Hall–Kier alpha value is -0.940. The summed E-state index contributed by atoms with van der Waals surface area (Å²) in [4.78, 5) is 6.80. The molecule has 0 aliphatic heterocycles. The molecule has 1 fully saturated rings. The van der Waals surface area contributed by atoms with Crippen molar-refractivity contribution in [3.63, 3.8) is 0 Å². The number of rotatable bonds is 4. The van der Waals surface area contributed by atoms with E-state index in [1.807, 2.05) is 0 Å². The summed E-state index contributed by atoms with van der Waals surface area (Å²) < 4.78 is 5.36. The van der Waals surface area contributed by atoms with Gasteiger partial charge in [0, 0.05) is 11.5 Å². The van der Waals surface area contributed by atoms with Crippen molar-refractivity contribution in [2.45, 2.75) is 58.0 Å². The summed E-state index contributed by atoms with van der Waals surface area (Å²) in [6, 6.07) is 0.551. The maximum absolute atomic E-state index is 5.84. The van der Waals surface area contributed by atoms with Crippen molar-refractivity contribution >= 4 is 0 Å². The van der Waals surface area contributed by atoms with E-state index in [1.54, 1.807) is 0 Å². The Morgan fingerprint density at radius 1 is 1.37 bits per heavy atom. The third kappa shape index (κ3) is 3.34. The van der Waals surface area contributed by atoms with Gasteiger partial charge in [-0.25, -0.2) is 0 Å². The van der Waals surface area contributed by atoms with Crippen LogP contribution in [-0.2, 0) is 12.0 Å². The SMILES string of the molecule is CN(Cc1nc(C(C)(C)C)no1)C1CCCC1CN. The lowest BCUT2D eigenvalue weighted by Crippen LogP contribution is -2.37. The third-order valence-corrected chi connectivity index (χ3v) is 4.01. The summed E-state index contributed by atoms with van der Waals surface area (Å²) in [6.07, 6.45) is 3.73. The number of nitrogens with two attached hydrogens (primary N) is 1. The molecule has 2 unspecified atom stereocenters. The van der Waals surface area contributed by atoms with E-state index < -0.39 is 0 Å². The van der Waals surface area contributed by atoms with E-state index in [1.165, 1.54) is 19.3 Å². The van der Waals surface area contributed by atoms with Gasteiger partial charge in [0.25, 0.3) is 0 Å². The molecule has 0 aromatic carbocycles. The minimum atomic E-state index is -0.0620. The van der Waals surface area contributed by atoms with Crippen LogP contribution in [0.15, 0.2) is 4.52 Å². The van der Waals surface area contributed by atoms with E-state index >= 15 is 0 Å². The molecule has 0 radical (unpaired) electrons. The molecular weight excluding hydrogens is 240 g/mol. The van der Waals surface area contributed by atoms with Gasteiger partial charge < -0.3 is 10.3 Å². The van der Waals surface area contributed by atoms with E-state index in [-0.39, 0.29) is 5.41 Å². The topological polar surface area (TPSA) is 68.2 Å². The summed E-state index contributed by atoms with van der Waals surface area (Å²) >= 11 is 0. The van der Waals surface area contributed by atoms with Crippen molar-refractivity contribution < 1.29 is 4.52 Å². The van der Waals surface area contributed by atoms with Gasteiger partial charge in [-0.1, -0.05) is 32.3 Å². The zero-order chi connectivity index (χ0) is 14.0. The molecule has 1 aromatic heterocycles. The molecule has 19 heavy (non-hydrogen) atoms. The molecule has 1 saturated carbocycles. The van der Waals surface area contributed by atoms with Crippen LogP contribution in [-0.4, -0.2) is 34.7 Å². The van der Waals surface area contributed by atoms with Crippen LogP contribution < -0.4 is 5.73 Å². The molecule has 2 rings (SSSR count). The molecule has 1 aromatic rings. The summed E-state index contributed by atoms with van der Waals surface area (Å²) in [5.74, 6) is 2.09. The van der Waals surface area contributed by atoms with Gasteiger partial charge in [-0.05, 0) is 32.4 Å². The first-order chi connectivity index (χ1) is 8.91. The quantitative estimate of drug-likeness (QED) is 0.902. The van der Waals surface area contributed by atoms with Crippen LogP contribution in [0.3, 0.4) is 0 Å². The van der Waals surface area contributed by atoms with E-state index in [9.17, 15) is 0 Å². The highest BCUT2D eigenvalue weighted by atomic mass is 16.5. The summed E-state index contributed by atoms with van der Waals surface area (Å²) in [7, 11) is 2.12. The smallest absolute Gasteiger partial charge is 0.240 e. The van der Waals surface area contributed by atoms with Crippen molar-refractivity contribution in [1.29, 1.82) is 0 Å². The predicted octanol–water partition coefficient (Wildman–Crippen LogP) is 1.93. The molecule has 5 heteroatoms. The van der Waals surface area contributed by atoms with Gasteiger partial charge in [0.05, 0.1) is 6.54 Å². The second-order valence-corrected chi connectivity index (χ2v) is 6.67. The highest BCUT2D eigenvalue weighted by Crippen LogP contribution is 2.29. The molecule has 5 nitrogen and oxygen atoms in total. The van der Waals surface area contributed by atoms with Crippen LogP contribution in [0.4, 0.5) is 0 Å². The monoisotopic (exact) mass is 266 g/mol. The highest BCUT2D eigenvalue weighted by Gasteiger charge is 2.30. The lowest BCUT2D eigenvalue weighted by molar-refractivity contribution is 0.171. The van der Waals surface area contributed by atoms with Crippen LogP contribution in [0.25, 0.3) is 0 Å². The van der Waals surface area contributed by atoms with Gasteiger partial charge in [0.2, 0.25) is 5.89 Å². The number of hydrogen-bond donors (Lipinski definition) is 1. The fourth-order valence-electron chi connectivity index (χ4n) is 2.83. The minimum absolute atomic E-state index is 0.0620. The molecular formula is C14H26N4O. The van der Waals surface area contributed by atoms with Crippen LogP contribution >= 0.6 is 0 Å². The van der Waals surface area contributed by atoms with Crippen molar-refractivity contribution in [2.75, 3.05) is 13.6 Å². The number of nitrogens with zero attached hydrogens (tertiary/aromatic N) is 3. The van der Waals surface area contributed by atoms with Crippen molar-refractivity contribution in [3.05, 3.63) is 11.7 Å². The zero-order valence-electron chi connectivity index (χ0n) is 12.5. The Balaban J connectivity index is 1.99. The van der Waals surface area contributed by atoms with Crippen LogP contribution in [0, 0.1) is 5.92 Å². The summed E-state index contributed by atoms with van der Waals surface area (Å²) in [6.45, 7) is 7.75. The first-order valence-electron chi connectivity index (χ1n) is 7.15. The second kappa shape index (κ2) is 5.59. The molecule has 0 bridgehead atoms. The summed E-state index contributed by atoms with van der Waals surface area (Å²) in [5.41, 5.74) is 5.78. The average molecular weight is 266 g/mol. The third-order valence-electron chi connectivity index (χ3n) is 4.01. The molecule has 108 valence electrons. The molecule has 2 N–H and O–H groups in total. The number of hydrogen-bond acceptors (Lipinski definition) is 5. The van der Waals surface area contributed by atoms with Gasteiger partial charge in [-0.3, -0.25) is 4.90 Å². The van der Waals surface area contributed by atoms with E-state index in [2.05, 4.69) is 42.9 Å². The molecule has 1 aliphatic carbocycles. The lowest BCUT2D eigenvalue weighted by atomic mass is 9.96.